The lowest BCUT2D eigenvalue weighted by Crippen LogP contribution is -2.21. The first kappa shape index (κ1) is 14.0. The maximum atomic E-state index is 11.1. The third kappa shape index (κ3) is 3.30. The van der Waals surface area contributed by atoms with E-state index in [4.69, 9.17) is 5.21 Å². The molecule has 0 spiro atoms. The second-order valence-electron chi connectivity index (χ2n) is 4.36. The van der Waals surface area contributed by atoms with Crippen LogP contribution in [0.5, 0.6) is 0 Å². The maximum absolute atomic E-state index is 11.1. The van der Waals surface area contributed by atoms with Crippen molar-refractivity contribution >= 4 is 23.4 Å². The average Bonchev–Trinajstić information content (AvgIpc) is 2.80. The number of hydroxylamine groups is 1. The van der Waals surface area contributed by atoms with Crippen LogP contribution in [0.15, 0.2) is 40.3 Å². The van der Waals surface area contributed by atoms with E-state index in [1.807, 2.05) is 18.2 Å². The summed E-state index contributed by atoms with van der Waals surface area (Å²) in [6, 6.07) is 8.24. The van der Waals surface area contributed by atoms with Crippen molar-refractivity contribution in [2.75, 3.05) is 11.4 Å². The second-order valence-corrected chi connectivity index (χ2v) is 5.42. The third-order valence-electron chi connectivity index (χ3n) is 2.96. The van der Waals surface area contributed by atoms with Gasteiger partial charge in [0, 0.05) is 17.9 Å². The molecule has 0 atom stereocenters. The first-order valence-corrected chi connectivity index (χ1v) is 7.25. The largest absolute Gasteiger partial charge is 0.335 e. The van der Waals surface area contributed by atoms with Crippen molar-refractivity contribution < 1.29 is 10.0 Å². The summed E-state index contributed by atoms with van der Waals surface area (Å²) in [4.78, 5) is 14.6. The minimum absolute atomic E-state index is 0.190. The van der Waals surface area contributed by atoms with Gasteiger partial charge < -0.3 is 4.90 Å². The lowest BCUT2D eigenvalue weighted by molar-refractivity contribution is -0.128. The van der Waals surface area contributed by atoms with Crippen LogP contribution in [-0.2, 0) is 4.79 Å². The lowest BCUT2D eigenvalue weighted by atomic mass is 10.2. The van der Waals surface area contributed by atoms with Crippen LogP contribution in [-0.4, -0.2) is 17.7 Å². The summed E-state index contributed by atoms with van der Waals surface area (Å²) < 4.78 is 0. The van der Waals surface area contributed by atoms with E-state index in [-0.39, 0.29) is 12.3 Å². The molecule has 1 aromatic rings. The Balaban J connectivity index is 2.18. The van der Waals surface area contributed by atoms with Gasteiger partial charge in [0.2, 0.25) is 5.91 Å². The molecule has 5 heteroatoms. The highest BCUT2D eigenvalue weighted by molar-refractivity contribution is 8.03. The van der Waals surface area contributed by atoms with E-state index in [0.717, 1.165) is 24.4 Å². The summed E-state index contributed by atoms with van der Waals surface area (Å²) in [7, 11) is 0. The van der Waals surface area contributed by atoms with Crippen molar-refractivity contribution in [3.63, 3.8) is 0 Å². The molecule has 1 amide bonds. The van der Waals surface area contributed by atoms with Crippen molar-refractivity contribution in [2.24, 2.45) is 0 Å². The van der Waals surface area contributed by atoms with E-state index < -0.39 is 0 Å². The SMILES string of the molecule is CCCCN1/C(=C/CC(=O)NO)Sc2ccccc21. The summed E-state index contributed by atoms with van der Waals surface area (Å²) in [6.45, 7) is 3.12. The number of nitrogens with zero attached hydrogens (tertiary/aromatic N) is 1. The molecule has 0 saturated carbocycles. The fourth-order valence-electron chi connectivity index (χ4n) is 1.98. The topological polar surface area (TPSA) is 52.6 Å². The Labute approximate surface area is 117 Å². The van der Waals surface area contributed by atoms with Crippen LogP contribution in [0.3, 0.4) is 0 Å². The molecule has 0 radical (unpaired) electrons. The molecule has 1 aromatic carbocycles. The zero-order chi connectivity index (χ0) is 13.7. The van der Waals surface area contributed by atoms with E-state index in [1.165, 1.54) is 10.6 Å². The minimum Gasteiger partial charge on any atom is -0.335 e. The Kier molecular flexibility index (Phi) is 4.87. The van der Waals surface area contributed by atoms with Crippen molar-refractivity contribution in [1.82, 2.24) is 5.48 Å². The molecule has 1 heterocycles. The number of thioether (sulfide) groups is 1. The van der Waals surface area contributed by atoms with E-state index in [9.17, 15) is 4.79 Å². The molecule has 2 rings (SSSR count). The molecule has 0 saturated heterocycles. The Hall–Kier alpha value is -1.46. The summed E-state index contributed by atoms with van der Waals surface area (Å²) in [5.74, 6) is -0.389. The molecule has 1 aliphatic heterocycles. The number of hydrogen-bond donors (Lipinski definition) is 2. The van der Waals surface area contributed by atoms with E-state index in [0.29, 0.717) is 0 Å². The van der Waals surface area contributed by atoms with E-state index in [1.54, 1.807) is 17.2 Å². The van der Waals surface area contributed by atoms with Crippen molar-refractivity contribution in [3.8, 4) is 0 Å². The van der Waals surface area contributed by atoms with Gasteiger partial charge in [0.05, 0.1) is 10.7 Å². The molecule has 19 heavy (non-hydrogen) atoms. The van der Waals surface area contributed by atoms with Gasteiger partial charge in [0.25, 0.3) is 0 Å². The quantitative estimate of drug-likeness (QED) is 0.642. The van der Waals surface area contributed by atoms with Crippen molar-refractivity contribution in [1.29, 1.82) is 0 Å². The number of para-hydroxylation sites is 1. The van der Waals surface area contributed by atoms with Gasteiger partial charge in [-0.15, -0.1) is 0 Å². The molecule has 0 fully saturated rings. The van der Waals surface area contributed by atoms with Crippen LogP contribution < -0.4 is 10.4 Å². The first-order valence-electron chi connectivity index (χ1n) is 6.43. The molecule has 1 aliphatic rings. The van der Waals surface area contributed by atoms with Gasteiger partial charge in [-0.05, 0) is 24.6 Å². The monoisotopic (exact) mass is 278 g/mol. The fraction of sp³-hybridized carbons (Fsp3) is 0.357. The number of amides is 1. The van der Waals surface area contributed by atoms with Crippen LogP contribution in [0, 0.1) is 0 Å². The van der Waals surface area contributed by atoms with Gasteiger partial charge in [-0.1, -0.05) is 37.2 Å². The molecule has 0 aromatic heterocycles. The van der Waals surface area contributed by atoms with Gasteiger partial charge in [-0.3, -0.25) is 10.0 Å². The normalized spacial score (nSPS) is 15.7. The zero-order valence-electron chi connectivity index (χ0n) is 10.9. The van der Waals surface area contributed by atoms with Crippen molar-refractivity contribution in [3.05, 3.63) is 35.4 Å². The maximum Gasteiger partial charge on any atom is 0.247 e. The number of fused-ring (bicyclic) bond motifs is 1. The molecule has 0 aliphatic carbocycles. The minimum atomic E-state index is -0.389. The molecular formula is C14H18N2O2S. The number of unbranched alkanes of at least 4 members (excludes halogenated alkanes) is 1. The smallest absolute Gasteiger partial charge is 0.247 e. The number of carbonyl (C=O) groups excluding carboxylic acids is 1. The Morgan fingerprint density at radius 2 is 2.26 bits per heavy atom. The number of nitrogens with one attached hydrogen (secondary N) is 1. The first-order chi connectivity index (χ1) is 9.26. The molecule has 102 valence electrons. The van der Waals surface area contributed by atoms with Gasteiger partial charge >= 0.3 is 0 Å². The van der Waals surface area contributed by atoms with Crippen LogP contribution in [0.2, 0.25) is 0 Å². The molecule has 2 N–H and O–H groups in total. The fourth-order valence-corrected chi connectivity index (χ4v) is 3.10. The van der Waals surface area contributed by atoms with Crippen LogP contribution >= 0.6 is 11.8 Å². The predicted molar refractivity (Wildman–Crippen MR) is 77.2 cm³/mol. The highest BCUT2D eigenvalue weighted by atomic mass is 32.2. The Morgan fingerprint density at radius 3 is 3.00 bits per heavy atom. The molecule has 0 bridgehead atoms. The number of anilines is 1. The lowest BCUT2D eigenvalue weighted by Gasteiger charge is -2.20. The highest BCUT2D eigenvalue weighted by Gasteiger charge is 2.23. The van der Waals surface area contributed by atoms with Gasteiger partial charge in [-0.2, -0.15) is 0 Å². The van der Waals surface area contributed by atoms with Crippen LogP contribution in [0.4, 0.5) is 5.69 Å². The van der Waals surface area contributed by atoms with E-state index in [2.05, 4.69) is 24.0 Å². The van der Waals surface area contributed by atoms with Crippen molar-refractivity contribution in [2.45, 2.75) is 31.1 Å². The molecular weight excluding hydrogens is 260 g/mol. The van der Waals surface area contributed by atoms with Crippen LogP contribution in [0.25, 0.3) is 0 Å². The average molecular weight is 278 g/mol. The molecule has 0 unspecified atom stereocenters. The summed E-state index contributed by atoms with van der Waals surface area (Å²) >= 11 is 1.67. The van der Waals surface area contributed by atoms with Gasteiger partial charge in [0.1, 0.15) is 0 Å². The number of rotatable bonds is 5. The summed E-state index contributed by atoms with van der Waals surface area (Å²) in [5, 5.41) is 9.61. The Morgan fingerprint density at radius 1 is 1.47 bits per heavy atom. The standard InChI is InChI=1S/C14H18N2O2S/c1-2-3-10-16-11-6-4-5-7-12(11)19-14(16)9-8-13(17)15-18/h4-7,9,18H,2-3,8,10H2,1H3,(H,15,17)/b14-9-. The van der Waals surface area contributed by atoms with Gasteiger partial charge in [0.15, 0.2) is 0 Å². The predicted octanol–water partition coefficient (Wildman–Crippen LogP) is 3.14. The van der Waals surface area contributed by atoms with Crippen LogP contribution in [0.1, 0.15) is 26.2 Å². The Bertz CT molecular complexity index is 488. The number of carbonyl (C=O) groups is 1. The zero-order valence-corrected chi connectivity index (χ0v) is 11.7. The summed E-state index contributed by atoms with van der Waals surface area (Å²) in [6.07, 6.45) is 4.30. The number of hydrogen-bond acceptors (Lipinski definition) is 4. The number of benzene rings is 1. The molecule has 4 nitrogen and oxygen atoms in total. The summed E-state index contributed by atoms with van der Waals surface area (Å²) in [5.41, 5.74) is 2.86. The third-order valence-corrected chi connectivity index (χ3v) is 4.12. The second kappa shape index (κ2) is 6.63. The van der Waals surface area contributed by atoms with Gasteiger partial charge in [-0.25, -0.2) is 5.48 Å². The highest BCUT2D eigenvalue weighted by Crippen LogP contribution is 2.45. The van der Waals surface area contributed by atoms with E-state index >= 15 is 0 Å².